The van der Waals surface area contributed by atoms with Gasteiger partial charge in [0.2, 0.25) is 0 Å². The number of carboxylic acids is 1. The molecule has 9 heteroatoms. The summed E-state index contributed by atoms with van der Waals surface area (Å²) in [5, 5.41) is 10.3. The molecule has 2 amide bonds. The topological polar surface area (TPSA) is 105 Å². The number of amides is 2. The highest BCUT2D eigenvalue weighted by molar-refractivity contribution is 14.1. The minimum absolute atomic E-state index is 0.0235. The molecule has 1 heterocycles. The molecule has 156 valence electrons. The molecule has 1 fully saturated rings. The first-order valence-corrected chi connectivity index (χ1v) is 10.2. The average molecular weight is 522 g/mol. The van der Waals surface area contributed by atoms with Gasteiger partial charge in [0.1, 0.15) is 5.57 Å². The number of benzene rings is 2. The fourth-order valence-corrected chi connectivity index (χ4v) is 3.51. The lowest BCUT2D eigenvalue weighted by Crippen LogP contribution is -2.35. The van der Waals surface area contributed by atoms with E-state index in [1.165, 1.54) is 18.0 Å². The Bertz CT molecular complexity index is 1020. The first kappa shape index (κ1) is 21.6. The number of anilines is 1. The van der Waals surface area contributed by atoms with E-state index in [0.29, 0.717) is 32.9 Å². The summed E-state index contributed by atoms with van der Waals surface area (Å²) in [5.74, 6) is -1.47. The molecule has 2 aromatic carbocycles. The van der Waals surface area contributed by atoms with E-state index in [1.54, 1.807) is 43.3 Å². The van der Waals surface area contributed by atoms with Gasteiger partial charge in [-0.25, -0.2) is 9.80 Å². The molecule has 2 aromatic rings. The largest absolute Gasteiger partial charge is 0.490 e. The number of hydrogen-bond donors (Lipinski definition) is 2. The summed E-state index contributed by atoms with van der Waals surface area (Å²) in [7, 11) is 0. The van der Waals surface area contributed by atoms with E-state index in [9.17, 15) is 14.4 Å². The molecule has 30 heavy (non-hydrogen) atoms. The van der Waals surface area contributed by atoms with Crippen LogP contribution in [0.15, 0.2) is 48.0 Å². The zero-order valence-corrected chi connectivity index (χ0v) is 18.4. The summed E-state index contributed by atoms with van der Waals surface area (Å²) >= 11 is 2.00. The molecular weight excluding hydrogens is 503 g/mol. The number of nitrogens with one attached hydrogen (secondary N) is 1. The molecule has 1 aliphatic rings. The Morgan fingerprint density at radius 2 is 1.97 bits per heavy atom. The average Bonchev–Trinajstić information content (AvgIpc) is 2.99. The smallest absolute Gasteiger partial charge is 0.344 e. The van der Waals surface area contributed by atoms with E-state index in [4.69, 9.17) is 14.6 Å². The summed E-state index contributed by atoms with van der Waals surface area (Å²) in [4.78, 5) is 36.3. The molecule has 0 radical (unpaired) electrons. The molecule has 1 saturated heterocycles. The number of hydrazine groups is 1. The number of para-hydroxylation sites is 1. The van der Waals surface area contributed by atoms with Crippen molar-refractivity contribution < 1.29 is 29.0 Å². The van der Waals surface area contributed by atoms with Crippen LogP contribution in [0.5, 0.6) is 11.5 Å². The Balaban J connectivity index is 1.95. The molecule has 1 atom stereocenters. The van der Waals surface area contributed by atoms with Gasteiger partial charge in [0.15, 0.2) is 17.6 Å². The van der Waals surface area contributed by atoms with E-state index in [0.717, 1.165) is 0 Å². The fraction of sp³-hybridized carbons (Fsp3) is 0.190. The zero-order chi connectivity index (χ0) is 21.8. The second-order valence-corrected chi connectivity index (χ2v) is 7.50. The Kier molecular flexibility index (Phi) is 6.60. The second-order valence-electron chi connectivity index (χ2n) is 6.34. The van der Waals surface area contributed by atoms with Crippen molar-refractivity contribution in [2.75, 3.05) is 11.6 Å². The fourth-order valence-electron chi connectivity index (χ4n) is 2.76. The van der Waals surface area contributed by atoms with Crippen LogP contribution in [0.25, 0.3) is 6.08 Å². The molecule has 0 bridgehead atoms. The van der Waals surface area contributed by atoms with Crippen LogP contribution in [0.1, 0.15) is 19.4 Å². The van der Waals surface area contributed by atoms with Gasteiger partial charge in [-0.05, 0) is 72.3 Å². The van der Waals surface area contributed by atoms with Gasteiger partial charge in [-0.2, -0.15) is 0 Å². The Hall–Kier alpha value is -3.08. The Morgan fingerprint density at radius 1 is 1.27 bits per heavy atom. The highest BCUT2D eigenvalue weighted by atomic mass is 127. The van der Waals surface area contributed by atoms with Gasteiger partial charge in [0.05, 0.1) is 15.9 Å². The van der Waals surface area contributed by atoms with Crippen LogP contribution in [0.2, 0.25) is 0 Å². The first-order valence-electron chi connectivity index (χ1n) is 9.09. The van der Waals surface area contributed by atoms with Crippen molar-refractivity contribution in [2.24, 2.45) is 0 Å². The van der Waals surface area contributed by atoms with Gasteiger partial charge in [-0.15, -0.1) is 0 Å². The molecule has 1 aliphatic heterocycles. The lowest BCUT2D eigenvalue weighted by Gasteiger charge is -2.17. The third-order valence-corrected chi connectivity index (χ3v) is 4.99. The maximum Gasteiger partial charge on any atom is 0.344 e. The maximum atomic E-state index is 12.8. The molecule has 0 aromatic heterocycles. The minimum atomic E-state index is -1.10. The number of carbonyl (C=O) groups excluding carboxylic acids is 2. The van der Waals surface area contributed by atoms with Crippen LogP contribution in [0.4, 0.5) is 5.69 Å². The zero-order valence-electron chi connectivity index (χ0n) is 16.2. The number of carboxylic acid groups (broad SMARTS) is 1. The van der Waals surface area contributed by atoms with Gasteiger partial charge in [-0.1, -0.05) is 18.2 Å². The van der Waals surface area contributed by atoms with Crippen molar-refractivity contribution in [3.63, 3.8) is 0 Å². The van der Waals surface area contributed by atoms with E-state index in [1.807, 2.05) is 28.7 Å². The van der Waals surface area contributed by atoms with Gasteiger partial charge < -0.3 is 14.6 Å². The number of nitrogens with zero attached hydrogens (tertiary/aromatic N) is 1. The summed E-state index contributed by atoms with van der Waals surface area (Å²) in [6, 6.07) is 12.1. The third kappa shape index (κ3) is 4.56. The van der Waals surface area contributed by atoms with Crippen LogP contribution in [0, 0.1) is 3.57 Å². The highest BCUT2D eigenvalue weighted by Crippen LogP contribution is 2.36. The third-order valence-electron chi connectivity index (χ3n) is 4.19. The molecule has 0 aliphatic carbocycles. The summed E-state index contributed by atoms with van der Waals surface area (Å²) in [5.41, 5.74) is 3.62. The molecule has 0 saturated carbocycles. The standard InChI is InChI=1S/C21H19IN2O6/c1-3-29-17-11-13(10-16(22)18(17)30-12(2)21(27)28)9-15-19(25)23-24(20(15)26)14-7-5-4-6-8-14/h4-12H,3H2,1-2H3,(H,23,25)(H,27,28)/b15-9-/t12-/m0/s1. The lowest BCUT2D eigenvalue weighted by atomic mass is 10.1. The van der Waals surface area contributed by atoms with Crippen molar-refractivity contribution >= 4 is 52.1 Å². The van der Waals surface area contributed by atoms with Crippen LogP contribution >= 0.6 is 22.6 Å². The second kappa shape index (κ2) is 9.16. The normalized spacial score (nSPS) is 15.8. The van der Waals surface area contributed by atoms with Gasteiger partial charge in [0.25, 0.3) is 11.8 Å². The van der Waals surface area contributed by atoms with Crippen LogP contribution < -0.4 is 19.9 Å². The van der Waals surface area contributed by atoms with Crippen molar-refractivity contribution in [3.8, 4) is 11.5 Å². The van der Waals surface area contributed by atoms with Crippen LogP contribution in [-0.2, 0) is 14.4 Å². The number of rotatable bonds is 7. The van der Waals surface area contributed by atoms with E-state index < -0.39 is 23.9 Å². The van der Waals surface area contributed by atoms with Gasteiger partial charge in [-0.3, -0.25) is 15.0 Å². The predicted octanol–water partition coefficient (Wildman–Crippen LogP) is 3.00. The number of halogens is 1. The van der Waals surface area contributed by atoms with E-state index in [2.05, 4.69) is 5.43 Å². The molecule has 3 rings (SSSR count). The number of aliphatic carboxylic acids is 1. The summed E-state index contributed by atoms with van der Waals surface area (Å²) < 4.78 is 11.7. The Labute approximate surface area is 186 Å². The van der Waals surface area contributed by atoms with Crippen molar-refractivity contribution in [1.82, 2.24) is 5.43 Å². The van der Waals surface area contributed by atoms with Gasteiger partial charge >= 0.3 is 5.97 Å². The molecule has 2 N–H and O–H groups in total. The van der Waals surface area contributed by atoms with Crippen molar-refractivity contribution in [1.29, 1.82) is 0 Å². The van der Waals surface area contributed by atoms with Gasteiger partial charge in [0, 0.05) is 0 Å². The minimum Gasteiger partial charge on any atom is -0.490 e. The number of hydrogen-bond acceptors (Lipinski definition) is 5. The predicted molar refractivity (Wildman–Crippen MR) is 118 cm³/mol. The van der Waals surface area contributed by atoms with Crippen molar-refractivity contribution in [3.05, 3.63) is 57.2 Å². The Morgan fingerprint density at radius 3 is 2.60 bits per heavy atom. The summed E-state index contributed by atoms with van der Waals surface area (Å²) in [6.45, 7) is 3.53. The first-order chi connectivity index (χ1) is 14.3. The number of carbonyl (C=O) groups is 3. The molecular formula is C21H19IN2O6. The highest BCUT2D eigenvalue weighted by Gasteiger charge is 2.34. The molecule has 0 unspecified atom stereocenters. The summed E-state index contributed by atoms with van der Waals surface area (Å²) in [6.07, 6.45) is 0.402. The SMILES string of the molecule is CCOc1cc(/C=C2/C(=O)NN(c3ccccc3)C2=O)cc(I)c1O[C@@H](C)C(=O)O. The van der Waals surface area contributed by atoms with Crippen molar-refractivity contribution in [2.45, 2.75) is 20.0 Å². The van der Waals surface area contributed by atoms with E-state index in [-0.39, 0.29) is 5.57 Å². The van der Waals surface area contributed by atoms with Crippen LogP contribution in [0.3, 0.4) is 0 Å². The maximum absolute atomic E-state index is 12.8. The van der Waals surface area contributed by atoms with E-state index >= 15 is 0 Å². The lowest BCUT2D eigenvalue weighted by molar-refractivity contribution is -0.144. The molecule has 0 spiro atoms. The quantitative estimate of drug-likeness (QED) is 0.329. The van der Waals surface area contributed by atoms with Crippen LogP contribution in [-0.4, -0.2) is 35.6 Å². The number of ether oxygens (including phenoxy) is 2. The monoisotopic (exact) mass is 522 g/mol. The molecule has 8 nitrogen and oxygen atoms in total.